The zero-order chi connectivity index (χ0) is 18.5. The van der Waals surface area contributed by atoms with Crippen molar-refractivity contribution in [1.29, 1.82) is 5.26 Å². The maximum absolute atomic E-state index is 12.3. The molecule has 6 nitrogen and oxygen atoms in total. The molecule has 3 rings (SSSR count). The SMILES string of the molecule is Cc1cc(/C=C(\C#N)C(=O)NCc2ccco2)c(C)n1C[C@@H]1CCCO1. The number of carbonyl (C=O) groups excluding carboxylic acids is 1. The second kappa shape index (κ2) is 8.07. The molecule has 1 fully saturated rings. The maximum atomic E-state index is 12.3. The van der Waals surface area contributed by atoms with Crippen molar-refractivity contribution in [2.24, 2.45) is 0 Å². The first kappa shape index (κ1) is 18.0. The summed E-state index contributed by atoms with van der Waals surface area (Å²) < 4.78 is 13.1. The fourth-order valence-electron chi connectivity index (χ4n) is 3.23. The highest BCUT2D eigenvalue weighted by molar-refractivity contribution is 6.01. The van der Waals surface area contributed by atoms with Crippen LogP contribution in [0.3, 0.4) is 0 Å². The normalized spacial score (nSPS) is 17.3. The Morgan fingerprint density at radius 1 is 1.50 bits per heavy atom. The molecule has 0 unspecified atom stereocenters. The van der Waals surface area contributed by atoms with Crippen LogP contribution in [0.1, 0.15) is 35.6 Å². The number of ether oxygens (including phenoxy) is 1. The predicted octanol–water partition coefficient (Wildman–Crippen LogP) is 3.10. The number of aryl methyl sites for hydroxylation is 1. The third kappa shape index (κ3) is 4.06. The van der Waals surface area contributed by atoms with Crippen molar-refractivity contribution in [3.05, 3.63) is 52.7 Å². The van der Waals surface area contributed by atoms with Gasteiger partial charge in [-0.1, -0.05) is 0 Å². The van der Waals surface area contributed by atoms with Gasteiger partial charge in [-0.3, -0.25) is 4.79 Å². The van der Waals surface area contributed by atoms with Crippen LogP contribution in [0, 0.1) is 25.2 Å². The van der Waals surface area contributed by atoms with Gasteiger partial charge in [0.25, 0.3) is 5.91 Å². The molecule has 3 heterocycles. The molecule has 0 radical (unpaired) electrons. The summed E-state index contributed by atoms with van der Waals surface area (Å²) in [6.45, 7) is 5.91. The van der Waals surface area contributed by atoms with E-state index in [4.69, 9.17) is 9.15 Å². The summed E-state index contributed by atoms with van der Waals surface area (Å²) in [6, 6.07) is 7.52. The number of amides is 1. The monoisotopic (exact) mass is 353 g/mol. The molecule has 1 aliphatic rings. The Hall–Kier alpha value is -2.78. The number of hydrogen-bond donors (Lipinski definition) is 1. The Bertz CT molecular complexity index is 835. The molecular weight excluding hydrogens is 330 g/mol. The van der Waals surface area contributed by atoms with Gasteiger partial charge in [0.15, 0.2) is 0 Å². The molecule has 6 heteroatoms. The summed E-state index contributed by atoms with van der Waals surface area (Å²) in [4.78, 5) is 12.3. The minimum absolute atomic E-state index is 0.0777. The molecular formula is C20H23N3O3. The fourth-order valence-corrected chi connectivity index (χ4v) is 3.23. The van der Waals surface area contributed by atoms with Gasteiger partial charge in [-0.05, 0) is 56.5 Å². The number of aromatic nitrogens is 1. The van der Waals surface area contributed by atoms with Crippen LogP contribution >= 0.6 is 0 Å². The average molecular weight is 353 g/mol. The molecule has 1 amide bonds. The minimum Gasteiger partial charge on any atom is -0.467 e. The minimum atomic E-state index is -0.409. The Morgan fingerprint density at radius 2 is 2.35 bits per heavy atom. The van der Waals surface area contributed by atoms with Crippen molar-refractivity contribution in [2.45, 2.75) is 45.9 Å². The molecule has 1 N–H and O–H groups in total. The second-order valence-electron chi connectivity index (χ2n) is 6.50. The van der Waals surface area contributed by atoms with E-state index in [1.807, 2.05) is 26.0 Å². The van der Waals surface area contributed by atoms with Gasteiger partial charge in [-0.25, -0.2) is 0 Å². The van der Waals surface area contributed by atoms with Gasteiger partial charge < -0.3 is 19.0 Å². The van der Waals surface area contributed by atoms with E-state index in [-0.39, 0.29) is 18.2 Å². The van der Waals surface area contributed by atoms with Gasteiger partial charge in [-0.15, -0.1) is 0 Å². The lowest BCUT2D eigenvalue weighted by atomic mass is 10.1. The Morgan fingerprint density at radius 3 is 3.00 bits per heavy atom. The van der Waals surface area contributed by atoms with Crippen molar-refractivity contribution >= 4 is 12.0 Å². The highest BCUT2D eigenvalue weighted by atomic mass is 16.5. The van der Waals surface area contributed by atoms with Crippen molar-refractivity contribution in [2.75, 3.05) is 6.61 Å². The van der Waals surface area contributed by atoms with Gasteiger partial charge in [0.1, 0.15) is 17.4 Å². The smallest absolute Gasteiger partial charge is 0.262 e. The van der Waals surface area contributed by atoms with E-state index in [9.17, 15) is 10.1 Å². The van der Waals surface area contributed by atoms with Crippen LogP contribution in [0.15, 0.2) is 34.5 Å². The van der Waals surface area contributed by atoms with Crippen molar-refractivity contribution in [3.63, 3.8) is 0 Å². The molecule has 0 aliphatic carbocycles. The van der Waals surface area contributed by atoms with Gasteiger partial charge >= 0.3 is 0 Å². The van der Waals surface area contributed by atoms with E-state index in [1.165, 1.54) is 0 Å². The number of furan rings is 1. The van der Waals surface area contributed by atoms with Crippen molar-refractivity contribution < 1.29 is 13.9 Å². The molecule has 1 atom stereocenters. The summed E-state index contributed by atoms with van der Waals surface area (Å²) in [5, 5.41) is 12.1. The van der Waals surface area contributed by atoms with Crippen molar-refractivity contribution in [1.82, 2.24) is 9.88 Å². The summed E-state index contributed by atoms with van der Waals surface area (Å²) in [7, 11) is 0. The first-order valence-corrected chi connectivity index (χ1v) is 8.79. The lowest BCUT2D eigenvalue weighted by Gasteiger charge is -2.14. The zero-order valence-electron chi connectivity index (χ0n) is 15.1. The molecule has 2 aromatic rings. The third-order valence-corrected chi connectivity index (χ3v) is 4.69. The van der Waals surface area contributed by atoms with E-state index in [1.54, 1.807) is 24.5 Å². The van der Waals surface area contributed by atoms with Crippen LogP contribution in [0.4, 0.5) is 0 Å². The first-order chi connectivity index (χ1) is 12.6. The highest BCUT2D eigenvalue weighted by Crippen LogP contribution is 2.22. The van der Waals surface area contributed by atoms with Crippen molar-refractivity contribution in [3.8, 4) is 6.07 Å². The molecule has 0 saturated carbocycles. The summed E-state index contributed by atoms with van der Waals surface area (Å²) in [5.74, 6) is 0.234. The summed E-state index contributed by atoms with van der Waals surface area (Å²) >= 11 is 0. The van der Waals surface area contributed by atoms with Gasteiger partial charge in [0, 0.05) is 24.5 Å². The molecule has 0 aromatic carbocycles. The Labute approximate surface area is 153 Å². The summed E-state index contributed by atoms with van der Waals surface area (Å²) in [6.07, 6.45) is 5.60. The van der Waals surface area contributed by atoms with Gasteiger partial charge in [0.2, 0.25) is 0 Å². The quantitative estimate of drug-likeness (QED) is 0.639. The third-order valence-electron chi connectivity index (χ3n) is 4.69. The highest BCUT2D eigenvalue weighted by Gasteiger charge is 2.19. The number of nitrogens with one attached hydrogen (secondary N) is 1. The van der Waals surface area contributed by atoms with Gasteiger partial charge in [-0.2, -0.15) is 5.26 Å². The number of carbonyl (C=O) groups is 1. The topological polar surface area (TPSA) is 80.2 Å². The average Bonchev–Trinajstić information content (AvgIpc) is 3.37. The Kier molecular flexibility index (Phi) is 5.59. The van der Waals surface area contributed by atoms with Crippen LogP contribution < -0.4 is 5.32 Å². The standard InChI is InChI=1S/C20H23N3O3/c1-14-9-16(15(2)23(14)13-19-6-4-8-26-19)10-17(11-21)20(24)22-12-18-5-3-7-25-18/h3,5,7,9-10,19H,4,6,8,12-13H2,1-2H3,(H,22,24)/b17-10+/t19-/m0/s1. The second-order valence-corrected chi connectivity index (χ2v) is 6.50. The molecule has 1 aliphatic heterocycles. The van der Waals surface area contributed by atoms with Crippen LogP contribution in [0.5, 0.6) is 0 Å². The van der Waals surface area contributed by atoms with Crippen LogP contribution in [0.2, 0.25) is 0 Å². The van der Waals surface area contributed by atoms with Gasteiger partial charge in [0.05, 0.1) is 18.9 Å². The van der Waals surface area contributed by atoms with Crippen LogP contribution in [-0.2, 0) is 22.6 Å². The maximum Gasteiger partial charge on any atom is 0.262 e. The van der Waals surface area contributed by atoms with E-state index >= 15 is 0 Å². The molecule has 1 saturated heterocycles. The van der Waals surface area contributed by atoms with Crippen LogP contribution in [0.25, 0.3) is 6.08 Å². The number of nitriles is 1. The molecule has 0 bridgehead atoms. The first-order valence-electron chi connectivity index (χ1n) is 8.79. The van der Waals surface area contributed by atoms with E-state index in [2.05, 4.69) is 9.88 Å². The van der Waals surface area contributed by atoms with E-state index < -0.39 is 5.91 Å². The summed E-state index contributed by atoms with van der Waals surface area (Å²) in [5.41, 5.74) is 3.08. The van der Waals surface area contributed by atoms with Crippen LogP contribution in [-0.4, -0.2) is 23.2 Å². The predicted molar refractivity (Wildman–Crippen MR) is 97.0 cm³/mol. The lowest BCUT2D eigenvalue weighted by molar-refractivity contribution is -0.117. The number of nitrogens with zero attached hydrogens (tertiary/aromatic N) is 2. The number of rotatable bonds is 6. The van der Waals surface area contributed by atoms with E-state index in [0.29, 0.717) is 5.76 Å². The number of hydrogen-bond acceptors (Lipinski definition) is 4. The molecule has 2 aromatic heterocycles. The molecule has 26 heavy (non-hydrogen) atoms. The molecule has 136 valence electrons. The lowest BCUT2D eigenvalue weighted by Crippen LogP contribution is -2.23. The zero-order valence-corrected chi connectivity index (χ0v) is 15.1. The fraction of sp³-hybridized carbons (Fsp3) is 0.400. The molecule has 0 spiro atoms. The Balaban J connectivity index is 1.73. The largest absolute Gasteiger partial charge is 0.467 e. The van der Waals surface area contributed by atoms with E-state index in [0.717, 1.165) is 42.9 Å².